The van der Waals surface area contributed by atoms with Gasteiger partial charge in [-0.15, -0.1) is 0 Å². The van der Waals surface area contributed by atoms with E-state index in [1.165, 1.54) is 5.56 Å². The summed E-state index contributed by atoms with van der Waals surface area (Å²) in [5, 5.41) is 3.97. The van der Waals surface area contributed by atoms with E-state index in [-0.39, 0.29) is 0 Å². The van der Waals surface area contributed by atoms with Crippen molar-refractivity contribution in [3.05, 3.63) is 34.9 Å². The molecule has 1 fully saturated rings. The molecule has 0 amide bonds. The van der Waals surface area contributed by atoms with Gasteiger partial charge in [0.25, 0.3) is 0 Å². The molecule has 0 aromatic heterocycles. The van der Waals surface area contributed by atoms with Gasteiger partial charge in [0.15, 0.2) is 0 Å². The van der Waals surface area contributed by atoms with Crippen molar-refractivity contribution in [1.82, 2.24) is 10.2 Å². The molecule has 19 heavy (non-hydrogen) atoms. The van der Waals surface area contributed by atoms with E-state index in [4.69, 9.17) is 16.3 Å². The van der Waals surface area contributed by atoms with Gasteiger partial charge in [-0.2, -0.15) is 0 Å². The minimum atomic E-state index is 0.404. The number of piperidine rings is 1. The minimum Gasteiger partial charge on any atom is -0.373 e. The maximum absolute atomic E-state index is 5.98. The Hall–Kier alpha value is -0.610. The molecule has 0 saturated carbocycles. The van der Waals surface area contributed by atoms with Crippen LogP contribution in [0.3, 0.4) is 0 Å². The average molecular weight is 283 g/mol. The molecule has 0 spiro atoms. The summed E-state index contributed by atoms with van der Waals surface area (Å²) in [6, 6.07) is 7.90. The Morgan fingerprint density at radius 3 is 2.58 bits per heavy atom. The highest BCUT2D eigenvalue weighted by atomic mass is 35.5. The number of hydrogen-bond acceptors (Lipinski definition) is 3. The van der Waals surface area contributed by atoms with Crippen LogP contribution in [-0.4, -0.2) is 44.2 Å². The van der Waals surface area contributed by atoms with Crippen LogP contribution in [0.2, 0.25) is 5.02 Å². The van der Waals surface area contributed by atoms with Crippen LogP contribution in [-0.2, 0) is 11.3 Å². The van der Waals surface area contributed by atoms with Gasteiger partial charge in [0, 0.05) is 31.2 Å². The first-order valence-electron chi connectivity index (χ1n) is 7.01. The maximum atomic E-state index is 5.98. The molecule has 3 nitrogen and oxygen atoms in total. The molecule has 0 atom stereocenters. The zero-order valence-corrected chi connectivity index (χ0v) is 12.3. The Balaban J connectivity index is 1.67. The van der Waals surface area contributed by atoms with Gasteiger partial charge in [-0.05, 0) is 37.6 Å². The van der Waals surface area contributed by atoms with Gasteiger partial charge in [0.2, 0.25) is 0 Å². The molecule has 0 aliphatic carbocycles. The highest BCUT2D eigenvalue weighted by Gasteiger charge is 2.18. The number of benzene rings is 1. The summed E-state index contributed by atoms with van der Waals surface area (Å²) in [4.78, 5) is 2.50. The molecule has 0 bridgehead atoms. The van der Waals surface area contributed by atoms with Crippen molar-refractivity contribution in [1.29, 1.82) is 0 Å². The Labute approximate surface area is 120 Å². The lowest BCUT2D eigenvalue weighted by atomic mass is 10.1. The predicted octanol–water partition coefficient (Wildman–Crippen LogP) is 2.54. The number of nitrogens with one attached hydrogen (secondary N) is 1. The van der Waals surface area contributed by atoms with Gasteiger partial charge in [-0.25, -0.2) is 0 Å². The summed E-state index contributed by atoms with van der Waals surface area (Å²) in [5.74, 6) is 0. The van der Waals surface area contributed by atoms with Crippen molar-refractivity contribution in [2.45, 2.75) is 25.6 Å². The number of nitrogens with zero attached hydrogens (tertiary/aromatic N) is 1. The number of rotatable bonds is 6. The summed E-state index contributed by atoms with van der Waals surface area (Å²) in [7, 11) is 2.00. The average Bonchev–Trinajstić information content (AvgIpc) is 2.46. The molecule has 1 heterocycles. The fourth-order valence-corrected chi connectivity index (χ4v) is 2.49. The van der Waals surface area contributed by atoms with Crippen LogP contribution in [0.25, 0.3) is 0 Å². The summed E-state index contributed by atoms with van der Waals surface area (Å²) in [6.45, 7) is 5.19. The fourth-order valence-electron chi connectivity index (χ4n) is 2.36. The molecular formula is C15H23ClN2O. The summed E-state index contributed by atoms with van der Waals surface area (Å²) >= 11 is 5.87. The van der Waals surface area contributed by atoms with E-state index in [1.54, 1.807) is 0 Å². The lowest BCUT2D eigenvalue weighted by Crippen LogP contribution is -2.40. The summed E-state index contributed by atoms with van der Waals surface area (Å²) in [6.07, 6.45) is 2.68. The van der Waals surface area contributed by atoms with Crippen molar-refractivity contribution in [2.24, 2.45) is 0 Å². The minimum absolute atomic E-state index is 0.404. The van der Waals surface area contributed by atoms with Crippen LogP contribution >= 0.6 is 11.6 Å². The first-order chi connectivity index (χ1) is 9.28. The molecule has 4 heteroatoms. The monoisotopic (exact) mass is 282 g/mol. The van der Waals surface area contributed by atoms with Gasteiger partial charge in [0.1, 0.15) is 0 Å². The number of halogens is 1. The van der Waals surface area contributed by atoms with Gasteiger partial charge >= 0.3 is 0 Å². The normalized spacial score (nSPS) is 17.8. The summed E-state index contributed by atoms with van der Waals surface area (Å²) in [5.41, 5.74) is 1.20. The van der Waals surface area contributed by atoms with Gasteiger partial charge in [-0.1, -0.05) is 23.7 Å². The first-order valence-corrected chi connectivity index (χ1v) is 7.38. The van der Waals surface area contributed by atoms with Gasteiger partial charge in [-0.3, -0.25) is 0 Å². The molecule has 2 rings (SSSR count). The Kier molecular flexibility index (Phi) is 6.11. The van der Waals surface area contributed by atoms with Crippen molar-refractivity contribution < 1.29 is 4.74 Å². The van der Waals surface area contributed by atoms with Crippen molar-refractivity contribution >= 4 is 11.6 Å². The molecule has 106 valence electrons. The van der Waals surface area contributed by atoms with Gasteiger partial charge in [0.05, 0.1) is 12.7 Å². The maximum Gasteiger partial charge on any atom is 0.0720 e. The third-order valence-corrected chi connectivity index (χ3v) is 3.86. The third-order valence-electron chi connectivity index (χ3n) is 3.61. The smallest absolute Gasteiger partial charge is 0.0720 e. The van der Waals surface area contributed by atoms with E-state index in [1.807, 2.05) is 31.3 Å². The standard InChI is InChI=1S/C15H23ClN2O/c1-17-8-11-18-9-6-15(7-10-18)19-12-13-2-4-14(16)5-3-13/h2-5,15,17H,6-12H2,1H3. The van der Waals surface area contributed by atoms with Gasteiger partial charge < -0.3 is 15.0 Å². The Morgan fingerprint density at radius 1 is 1.26 bits per heavy atom. The van der Waals surface area contributed by atoms with Crippen molar-refractivity contribution in [3.63, 3.8) is 0 Å². The molecule has 1 saturated heterocycles. The topological polar surface area (TPSA) is 24.5 Å². The lowest BCUT2D eigenvalue weighted by Gasteiger charge is -2.31. The number of hydrogen-bond donors (Lipinski definition) is 1. The highest BCUT2D eigenvalue weighted by molar-refractivity contribution is 6.30. The molecule has 1 aliphatic rings. The second-order valence-electron chi connectivity index (χ2n) is 5.08. The molecule has 0 unspecified atom stereocenters. The second kappa shape index (κ2) is 7.85. The highest BCUT2D eigenvalue weighted by Crippen LogP contribution is 2.16. The van der Waals surface area contributed by atoms with E-state index in [2.05, 4.69) is 10.2 Å². The largest absolute Gasteiger partial charge is 0.373 e. The summed E-state index contributed by atoms with van der Waals surface area (Å²) < 4.78 is 5.98. The van der Waals surface area contributed by atoms with E-state index in [0.29, 0.717) is 12.7 Å². The Bertz CT molecular complexity index is 361. The van der Waals surface area contributed by atoms with E-state index in [9.17, 15) is 0 Å². The Morgan fingerprint density at radius 2 is 1.95 bits per heavy atom. The van der Waals surface area contributed by atoms with Crippen molar-refractivity contribution in [3.8, 4) is 0 Å². The van der Waals surface area contributed by atoms with Crippen LogP contribution in [0.15, 0.2) is 24.3 Å². The van der Waals surface area contributed by atoms with Crippen LogP contribution in [0.4, 0.5) is 0 Å². The number of likely N-dealkylation sites (tertiary alicyclic amines) is 1. The van der Waals surface area contributed by atoms with Crippen molar-refractivity contribution in [2.75, 3.05) is 33.2 Å². The zero-order chi connectivity index (χ0) is 13.5. The fraction of sp³-hybridized carbons (Fsp3) is 0.600. The molecule has 1 aromatic carbocycles. The van der Waals surface area contributed by atoms with Crippen LogP contribution < -0.4 is 5.32 Å². The molecule has 1 aliphatic heterocycles. The molecular weight excluding hydrogens is 260 g/mol. The predicted molar refractivity (Wildman–Crippen MR) is 79.6 cm³/mol. The van der Waals surface area contributed by atoms with Crippen LogP contribution in [0.5, 0.6) is 0 Å². The number of ether oxygens (including phenoxy) is 1. The lowest BCUT2D eigenvalue weighted by molar-refractivity contribution is -0.00209. The second-order valence-corrected chi connectivity index (χ2v) is 5.52. The molecule has 0 radical (unpaired) electrons. The quantitative estimate of drug-likeness (QED) is 0.868. The first kappa shape index (κ1) is 14.8. The van der Waals surface area contributed by atoms with E-state index < -0.39 is 0 Å². The SMILES string of the molecule is CNCCN1CCC(OCc2ccc(Cl)cc2)CC1. The van der Waals surface area contributed by atoms with Crippen LogP contribution in [0.1, 0.15) is 18.4 Å². The zero-order valence-electron chi connectivity index (χ0n) is 11.6. The third kappa shape index (κ3) is 5.11. The molecule has 1 aromatic rings. The molecule has 1 N–H and O–H groups in total. The number of likely N-dealkylation sites (N-methyl/N-ethyl adjacent to an activating group) is 1. The van der Waals surface area contributed by atoms with E-state index in [0.717, 1.165) is 44.0 Å². The van der Waals surface area contributed by atoms with Crippen LogP contribution in [0, 0.1) is 0 Å². The van der Waals surface area contributed by atoms with E-state index >= 15 is 0 Å².